The molecule has 1 fully saturated rings. The minimum atomic E-state index is -1.75. The molecule has 1 saturated heterocycles. The van der Waals surface area contributed by atoms with Crippen LogP contribution in [0.25, 0.3) is 0 Å². The summed E-state index contributed by atoms with van der Waals surface area (Å²) in [4.78, 5) is 13.8. The molecule has 0 radical (unpaired) electrons. The standard InChI is InChI=1S/C14H19BFNO4/c1-2-14(19)5-7-17(8-6-14)13(18)11-9-10(15(20)21)3-4-12(11)16/h3-4,9,19-21H,2,5-8H2,1H3. The number of benzene rings is 1. The van der Waals surface area contributed by atoms with Crippen molar-refractivity contribution in [2.75, 3.05) is 13.1 Å². The summed E-state index contributed by atoms with van der Waals surface area (Å²) in [6.45, 7) is 2.60. The van der Waals surface area contributed by atoms with Crippen LogP contribution in [0.4, 0.5) is 4.39 Å². The van der Waals surface area contributed by atoms with Crippen LogP contribution >= 0.6 is 0 Å². The monoisotopic (exact) mass is 295 g/mol. The highest BCUT2D eigenvalue weighted by Crippen LogP contribution is 2.26. The Morgan fingerprint density at radius 2 is 2.00 bits per heavy atom. The molecule has 0 saturated carbocycles. The van der Waals surface area contributed by atoms with Crippen LogP contribution in [0.3, 0.4) is 0 Å². The van der Waals surface area contributed by atoms with E-state index >= 15 is 0 Å². The summed E-state index contributed by atoms with van der Waals surface area (Å²) in [6.07, 6.45) is 1.54. The van der Waals surface area contributed by atoms with E-state index in [4.69, 9.17) is 10.0 Å². The number of nitrogens with zero attached hydrogens (tertiary/aromatic N) is 1. The highest BCUT2D eigenvalue weighted by molar-refractivity contribution is 6.58. The van der Waals surface area contributed by atoms with Crippen LogP contribution in [0.15, 0.2) is 18.2 Å². The fourth-order valence-corrected chi connectivity index (χ4v) is 2.52. The highest BCUT2D eigenvalue weighted by atomic mass is 19.1. The van der Waals surface area contributed by atoms with E-state index in [0.717, 1.165) is 12.1 Å². The van der Waals surface area contributed by atoms with E-state index in [9.17, 15) is 14.3 Å². The zero-order valence-corrected chi connectivity index (χ0v) is 11.9. The third-order valence-corrected chi connectivity index (χ3v) is 4.16. The lowest BCUT2D eigenvalue weighted by molar-refractivity contribution is -0.0194. The van der Waals surface area contributed by atoms with E-state index in [1.807, 2.05) is 6.92 Å². The topological polar surface area (TPSA) is 81.0 Å². The number of aliphatic hydroxyl groups is 1. The van der Waals surface area contributed by atoms with Crippen LogP contribution in [0.1, 0.15) is 36.5 Å². The van der Waals surface area contributed by atoms with Crippen molar-refractivity contribution in [2.45, 2.75) is 31.8 Å². The van der Waals surface area contributed by atoms with Crippen molar-refractivity contribution in [3.8, 4) is 0 Å². The largest absolute Gasteiger partial charge is 0.488 e. The van der Waals surface area contributed by atoms with Gasteiger partial charge in [-0.15, -0.1) is 0 Å². The molecular weight excluding hydrogens is 276 g/mol. The molecule has 0 aliphatic carbocycles. The SMILES string of the molecule is CCC1(O)CCN(C(=O)c2cc(B(O)O)ccc2F)CC1. The van der Waals surface area contributed by atoms with Crippen molar-refractivity contribution >= 4 is 18.5 Å². The molecule has 1 aliphatic rings. The molecular formula is C14H19BFNO4. The van der Waals surface area contributed by atoms with Gasteiger partial charge < -0.3 is 20.1 Å². The van der Waals surface area contributed by atoms with Gasteiger partial charge in [0, 0.05) is 13.1 Å². The minimum absolute atomic E-state index is 0.0711. The van der Waals surface area contributed by atoms with Crippen molar-refractivity contribution in [2.24, 2.45) is 0 Å². The molecule has 3 N–H and O–H groups in total. The second-order valence-electron chi connectivity index (χ2n) is 5.48. The average Bonchev–Trinajstić information content (AvgIpc) is 2.47. The zero-order chi connectivity index (χ0) is 15.6. The van der Waals surface area contributed by atoms with Crippen molar-refractivity contribution in [3.05, 3.63) is 29.6 Å². The number of carbonyl (C=O) groups excluding carboxylic acids is 1. The summed E-state index contributed by atoms with van der Waals surface area (Å²) in [5, 5.41) is 28.4. The number of hydrogen-bond donors (Lipinski definition) is 3. The van der Waals surface area contributed by atoms with Gasteiger partial charge >= 0.3 is 7.12 Å². The Labute approximate surface area is 123 Å². The van der Waals surface area contributed by atoms with Crippen molar-refractivity contribution in [1.29, 1.82) is 0 Å². The van der Waals surface area contributed by atoms with Crippen LogP contribution < -0.4 is 5.46 Å². The predicted octanol–water partition coefficient (Wildman–Crippen LogP) is -0.117. The Bertz CT molecular complexity index is 530. The molecule has 0 atom stereocenters. The Morgan fingerprint density at radius 3 is 2.52 bits per heavy atom. The number of amides is 1. The maximum Gasteiger partial charge on any atom is 0.488 e. The summed E-state index contributed by atoms with van der Waals surface area (Å²) in [7, 11) is -1.75. The highest BCUT2D eigenvalue weighted by Gasteiger charge is 2.33. The summed E-state index contributed by atoms with van der Waals surface area (Å²) in [5.74, 6) is -1.19. The molecule has 1 aromatic carbocycles. The normalized spacial score (nSPS) is 17.7. The van der Waals surface area contributed by atoms with Crippen LogP contribution in [0.5, 0.6) is 0 Å². The van der Waals surface area contributed by atoms with Gasteiger partial charge in [-0.05, 0) is 36.9 Å². The van der Waals surface area contributed by atoms with Gasteiger partial charge in [-0.3, -0.25) is 4.79 Å². The van der Waals surface area contributed by atoms with E-state index in [1.165, 1.54) is 11.0 Å². The number of carbonyl (C=O) groups is 1. The molecule has 1 aromatic rings. The van der Waals surface area contributed by atoms with E-state index in [1.54, 1.807) is 0 Å². The van der Waals surface area contributed by atoms with Crippen LogP contribution in [-0.4, -0.2) is 51.8 Å². The van der Waals surface area contributed by atoms with Gasteiger partial charge in [0.2, 0.25) is 0 Å². The Kier molecular flexibility index (Phi) is 4.66. The summed E-state index contributed by atoms with van der Waals surface area (Å²) in [6, 6.07) is 3.43. The van der Waals surface area contributed by atoms with E-state index in [-0.39, 0.29) is 11.0 Å². The number of piperidine rings is 1. The maximum atomic E-state index is 13.8. The summed E-state index contributed by atoms with van der Waals surface area (Å²) >= 11 is 0. The van der Waals surface area contributed by atoms with Gasteiger partial charge in [0.25, 0.3) is 5.91 Å². The molecule has 1 amide bonds. The quantitative estimate of drug-likeness (QED) is 0.679. The number of halogens is 1. The van der Waals surface area contributed by atoms with Gasteiger partial charge in [-0.25, -0.2) is 4.39 Å². The molecule has 0 bridgehead atoms. The molecule has 0 aromatic heterocycles. The summed E-state index contributed by atoms with van der Waals surface area (Å²) < 4.78 is 13.8. The second-order valence-corrected chi connectivity index (χ2v) is 5.48. The molecule has 21 heavy (non-hydrogen) atoms. The van der Waals surface area contributed by atoms with Gasteiger partial charge in [0.1, 0.15) is 5.82 Å². The van der Waals surface area contributed by atoms with Crippen molar-refractivity contribution in [1.82, 2.24) is 4.90 Å². The van der Waals surface area contributed by atoms with Crippen LogP contribution in [0.2, 0.25) is 0 Å². The van der Waals surface area contributed by atoms with Crippen LogP contribution in [-0.2, 0) is 0 Å². The fraction of sp³-hybridized carbons (Fsp3) is 0.500. The number of rotatable bonds is 3. The van der Waals surface area contributed by atoms with E-state index < -0.39 is 24.4 Å². The second kappa shape index (κ2) is 6.13. The smallest absolute Gasteiger partial charge is 0.423 e. The lowest BCUT2D eigenvalue weighted by Crippen LogP contribution is -2.46. The first-order chi connectivity index (χ1) is 9.86. The van der Waals surface area contributed by atoms with Gasteiger partial charge in [0.05, 0.1) is 11.2 Å². The minimum Gasteiger partial charge on any atom is -0.423 e. The summed E-state index contributed by atoms with van der Waals surface area (Å²) in [5.41, 5.74) is -0.859. The van der Waals surface area contributed by atoms with Gasteiger partial charge in [0.15, 0.2) is 0 Å². The lowest BCUT2D eigenvalue weighted by Gasteiger charge is -2.37. The first-order valence-electron chi connectivity index (χ1n) is 7.03. The maximum absolute atomic E-state index is 13.8. The molecule has 0 spiro atoms. The number of likely N-dealkylation sites (tertiary alicyclic amines) is 1. The Morgan fingerprint density at radius 1 is 1.38 bits per heavy atom. The average molecular weight is 295 g/mol. The molecule has 5 nitrogen and oxygen atoms in total. The predicted molar refractivity (Wildman–Crippen MR) is 76.6 cm³/mol. The van der Waals surface area contributed by atoms with Crippen LogP contribution in [0, 0.1) is 5.82 Å². The third kappa shape index (κ3) is 3.43. The Hall–Kier alpha value is -1.44. The lowest BCUT2D eigenvalue weighted by atomic mass is 9.79. The molecule has 114 valence electrons. The molecule has 2 rings (SSSR count). The van der Waals surface area contributed by atoms with E-state index in [2.05, 4.69) is 0 Å². The fourth-order valence-electron chi connectivity index (χ4n) is 2.52. The third-order valence-electron chi connectivity index (χ3n) is 4.16. The van der Waals surface area contributed by atoms with Crippen molar-refractivity contribution in [3.63, 3.8) is 0 Å². The van der Waals surface area contributed by atoms with E-state index in [0.29, 0.717) is 32.4 Å². The Balaban J connectivity index is 2.16. The van der Waals surface area contributed by atoms with Gasteiger partial charge in [-0.1, -0.05) is 13.0 Å². The number of hydrogen-bond acceptors (Lipinski definition) is 4. The first-order valence-corrected chi connectivity index (χ1v) is 7.03. The molecule has 1 heterocycles. The molecule has 0 unspecified atom stereocenters. The molecule has 1 aliphatic heterocycles. The zero-order valence-electron chi connectivity index (χ0n) is 11.9. The van der Waals surface area contributed by atoms with Crippen molar-refractivity contribution < 1.29 is 24.3 Å². The first kappa shape index (κ1) is 15.9. The van der Waals surface area contributed by atoms with Gasteiger partial charge in [-0.2, -0.15) is 0 Å². The molecule has 7 heteroatoms.